The lowest BCUT2D eigenvalue weighted by Crippen LogP contribution is -2.34. The average molecular weight is 236 g/mol. The summed E-state index contributed by atoms with van der Waals surface area (Å²) in [6.07, 6.45) is 2.34. The Hall–Kier alpha value is -0.130. The van der Waals surface area contributed by atoms with E-state index in [1.807, 2.05) is 0 Å². The largest absolute Gasteiger partial charge is 0.315 e. The molecule has 0 saturated carbocycles. The molecular formula is C10H24N2O2S. The van der Waals surface area contributed by atoms with Crippen molar-refractivity contribution < 1.29 is 8.42 Å². The van der Waals surface area contributed by atoms with Gasteiger partial charge in [-0.05, 0) is 19.4 Å². The summed E-state index contributed by atoms with van der Waals surface area (Å²) in [7, 11) is -3.02. The Kier molecular flexibility index (Phi) is 8.00. The number of rotatable bonds is 9. The third kappa shape index (κ3) is 7.76. The molecule has 0 saturated heterocycles. The summed E-state index contributed by atoms with van der Waals surface area (Å²) < 4.78 is 24.7. The first-order valence-electron chi connectivity index (χ1n) is 5.73. The van der Waals surface area contributed by atoms with Crippen molar-refractivity contribution in [3.05, 3.63) is 0 Å². The number of hydrogen-bond acceptors (Lipinski definition) is 3. The molecule has 0 radical (unpaired) electrons. The predicted molar refractivity (Wildman–Crippen MR) is 64.4 cm³/mol. The van der Waals surface area contributed by atoms with E-state index in [0.717, 1.165) is 6.54 Å². The maximum atomic E-state index is 11.1. The van der Waals surface area contributed by atoms with Crippen LogP contribution in [0.25, 0.3) is 0 Å². The van der Waals surface area contributed by atoms with Crippen LogP contribution in [0, 0.1) is 5.92 Å². The van der Waals surface area contributed by atoms with Gasteiger partial charge in [0.2, 0.25) is 10.0 Å². The maximum absolute atomic E-state index is 11.1. The first kappa shape index (κ1) is 14.9. The molecule has 0 fully saturated rings. The summed E-state index contributed by atoms with van der Waals surface area (Å²) >= 11 is 0. The highest BCUT2D eigenvalue weighted by molar-refractivity contribution is 7.89. The lowest BCUT2D eigenvalue weighted by Gasteiger charge is -2.13. The molecule has 0 atom stereocenters. The zero-order chi connectivity index (χ0) is 11.7. The van der Waals surface area contributed by atoms with Gasteiger partial charge in [-0.1, -0.05) is 26.7 Å². The fraction of sp³-hybridized carbons (Fsp3) is 1.00. The van der Waals surface area contributed by atoms with Gasteiger partial charge < -0.3 is 5.32 Å². The highest BCUT2D eigenvalue weighted by Crippen LogP contribution is 2.04. The standard InChI is InChI=1S/C10H24N2O2S/c1-4-10(5-2)9-11-7-8-12-15(13,14)6-3/h10-12H,4-9H2,1-3H3. The van der Waals surface area contributed by atoms with Gasteiger partial charge in [-0.3, -0.25) is 0 Å². The summed E-state index contributed by atoms with van der Waals surface area (Å²) in [6.45, 7) is 8.15. The van der Waals surface area contributed by atoms with Gasteiger partial charge in [0.1, 0.15) is 0 Å². The minimum Gasteiger partial charge on any atom is -0.315 e. The van der Waals surface area contributed by atoms with Gasteiger partial charge in [-0.25, -0.2) is 13.1 Å². The fourth-order valence-electron chi connectivity index (χ4n) is 1.28. The Balaban J connectivity index is 3.47. The van der Waals surface area contributed by atoms with E-state index in [2.05, 4.69) is 23.9 Å². The van der Waals surface area contributed by atoms with Gasteiger partial charge in [0.25, 0.3) is 0 Å². The highest BCUT2D eigenvalue weighted by atomic mass is 32.2. The molecule has 0 aromatic carbocycles. The second-order valence-corrected chi connectivity index (χ2v) is 5.78. The lowest BCUT2D eigenvalue weighted by molar-refractivity contribution is 0.451. The molecule has 0 aliphatic heterocycles. The summed E-state index contributed by atoms with van der Waals surface area (Å²) in [5.41, 5.74) is 0. The van der Waals surface area contributed by atoms with E-state index in [9.17, 15) is 8.42 Å². The second kappa shape index (κ2) is 8.07. The van der Waals surface area contributed by atoms with Crippen molar-refractivity contribution in [2.75, 3.05) is 25.4 Å². The Bertz CT molecular complexity index is 236. The van der Waals surface area contributed by atoms with Crippen molar-refractivity contribution >= 4 is 10.0 Å². The molecule has 0 aliphatic carbocycles. The monoisotopic (exact) mass is 236 g/mol. The van der Waals surface area contributed by atoms with E-state index in [4.69, 9.17) is 0 Å². The van der Waals surface area contributed by atoms with E-state index >= 15 is 0 Å². The van der Waals surface area contributed by atoms with Crippen LogP contribution in [0.3, 0.4) is 0 Å². The van der Waals surface area contributed by atoms with Crippen LogP contribution in [0.4, 0.5) is 0 Å². The van der Waals surface area contributed by atoms with Crippen LogP contribution in [0.15, 0.2) is 0 Å². The molecule has 0 aliphatic rings. The first-order chi connectivity index (χ1) is 7.05. The number of sulfonamides is 1. The molecule has 2 N–H and O–H groups in total. The van der Waals surface area contributed by atoms with Gasteiger partial charge >= 0.3 is 0 Å². The number of nitrogens with one attached hydrogen (secondary N) is 2. The Morgan fingerprint density at radius 2 is 1.67 bits per heavy atom. The molecule has 0 unspecified atom stereocenters. The van der Waals surface area contributed by atoms with E-state index in [0.29, 0.717) is 19.0 Å². The van der Waals surface area contributed by atoms with Gasteiger partial charge in [0.05, 0.1) is 5.75 Å². The molecular weight excluding hydrogens is 212 g/mol. The predicted octanol–water partition coefficient (Wildman–Crippen LogP) is 0.952. The summed E-state index contributed by atoms with van der Waals surface area (Å²) in [4.78, 5) is 0. The van der Waals surface area contributed by atoms with E-state index in [1.54, 1.807) is 6.92 Å². The van der Waals surface area contributed by atoms with Crippen molar-refractivity contribution in [3.8, 4) is 0 Å². The molecule has 0 aromatic heterocycles. The van der Waals surface area contributed by atoms with Crippen LogP contribution in [0.2, 0.25) is 0 Å². The summed E-state index contributed by atoms with van der Waals surface area (Å²) in [5.74, 6) is 0.854. The fourth-order valence-corrected chi connectivity index (χ4v) is 1.90. The van der Waals surface area contributed by atoms with Crippen LogP contribution in [0.1, 0.15) is 33.6 Å². The van der Waals surface area contributed by atoms with E-state index in [1.165, 1.54) is 12.8 Å². The summed E-state index contributed by atoms with van der Waals surface area (Å²) in [5, 5.41) is 3.26. The molecule has 4 nitrogen and oxygen atoms in total. The quantitative estimate of drug-likeness (QED) is 0.586. The van der Waals surface area contributed by atoms with Crippen LogP contribution in [-0.4, -0.2) is 33.8 Å². The third-order valence-electron chi connectivity index (χ3n) is 2.59. The van der Waals surface area contributed by atoms with Crippen LogP contribution < -0.4 is 10.0 Å². The van der Waals surface area contributed by atoms with Crippen LogP contribution in [-0.2, 0) is 10.0 Å². The van der Waals surface area contributed by atoms with Gasteiger partial charge in [-0.15, -0.1) is 0 Å². The Morgan fingerprint density at radius 3 is 2.13 bits per heavy atom. The number of hydrogen-bond donors (Lipinski definition) is 2. The minimum atomic E-state index is -3.02. The molecule has 0 rings (SSSR count). The van der Waals surface area contributed by atoms with Gasteiger partial charge in [-0.2, -0.15) is 0 Å². The van der Waals surface area contributed by atoms with Crippen molar-refractivity contribution in [2.45, 2.75) is 33.6 Å². The Labute approximate surface area is 93.9 Å². The van der Waals surface area contributed by atoms with Crippen LogP contribution in [0.5, 0.6) is 0 Å². The molecule has 0 heterocycles. The molecule has 15 heavy (non-hydrogen) atoms. The normalized spacial score (nSPS) is 12.3. The van der Waals surface area contributed by atoms with Gasteiger partial charge in [0.15, 0.2) is 0 Å². The van der Waals surface area contributed by atoms with Crippen molar-refractivity contribution in [1.29, 1.82) is 0 Å². The maximum Gasteiger partial charge on any atom is 0.211 e. The smallest absolute Gasteiger partial charge is 0.211 e. The first-order valence-corrected chi connectivity index (χ1v) is 7.39. The van der Waals surface area contributed by atoms with Crippen molar-refractivity contribution in [3.63, 3.8) is 0 Å². The summed E-state index contributed by atoms with van der Waals surface area (Å²) in [6, 6.07) is 0. The SMILES string of the molecule is CCC(CC)CNCCNS(=O)(=O)CC. The van der Waals surface area contributed by atoms with E-state index < -0.39 is 10.0 Å². The molecule has 92 valence electrons. The molecule has 5 heteroatoms. The van der Waals surface area contributed by atoms with Crippen molar-refractivity contribution in [2.24, 2.45) is 5.92 Å². The van der Waals surface area contributed by atoms with Gasteiger partial charge in [0, 0.05) is 13.1 Å². The average Bonchev–Trinajstić information content (AvgIpc) is 2.23. The molecule has 0 aromatic rings. The topological polar surface area (TPSA) is 58.2 Å². The minimum absolute atomic E-state index is 0.152. The van der Waals surface area contributed by atoms with Crippen molar-refractivity contribution in [1.82, 2.24) is 10.0 Å². The van der Waals surface area contributed by atoms with E-state index in [-0.39, 0.29) is 5.75 Å². The third-order valence-corrected chi connectivity index (χ3v) is 4.00. The van der Waals surface area contributed by atoms with Crippen LogP contribution >= 0.6 is 0 Å². The highest BCUT2D eigenvalue weighted by Gasteiger charge is 2.05. The Morgan fingerprint density at radius 1 is 1.07 bits per heavy atom. The zero-order valence-corrected chi connectivity index (χ0v) is 10.9. The lowest BCUT2D eigenvalue weighted by atomic mass is 10.0. The molecule has 0 amide bonds. The molecule has 0 spiro atoms. The zero-order valence-electron chi connectivity index (χ0n) is 10.0. The molecule has 0 bridgehead atoms. The second-order valence-electron chi connectivity index (χ2n) is 3.68.